The van der Waals surface area contributed by atoms with Crippen LogP contribution in [0.15, 0.2) is 29.6 Å². The summed E-state index contributed by atoms with van der Waals surface area (Å²) in [7, 11) is -3.67. The topological polar surface area (TPSA) is 87.7 Å². The van der Waals surface area contributed by atoms with Gasteiger partial charge in [0.05, 0.1) is 11.9 Å². The van der Waals surface area contributed by atoms with Crippen molar-refractivity contribution < 1.29 is 8.42 Å². The smallest absolute Gasteiger partial charge is 0.278 e. The molecule has 2 rings (SSSR count). The lowest BCUT2D eigenvalue weighted by atomic mass is 10.4. The number of rotatable bonds is 4. The standard InChI is InChI=1S/C10H11ClN4O2S/c1-2-9-13-6-10(14-9)18(16,17)15-7-3-4-12-8(11)5-7/h3-6H,2H2,1H3,(H,12,15)(H,13,14). The molecule has 0 atom stereocenters. The fourth-order valence-electron chi connectivity index (χ4n) is 1.34. The molecular formula is C10H11ClN4O2S. The van der Waals surface area contributed by atoms with Crippen molar-refractivity contribution in [3.63, 3.8) is 0 Å². The molecule has 2 N–H and O–H groups in total. The van der Waals surface area contributed by atoms with Crippen LogP contribution in [0.25, 0.3) is 0 Å². The average Bonchev–Trinajstić information content (AvgIpc) is 2.77. The fourth-order valence-corrected chi connectivity index (χ4v) is 2.50. The number of nitrogens with one attached hydrogen (secondary N) is 2. The molecule has 2 aromatic rings. The molecule has 0 amide bonds. The second kappa shape index (κ2) is 4.95. The Labute approximate surface area is 109 Å². The Hall–Kier alpha value is -1.60. The van der Waals surface area contributed by atoms with Gasteiger partial charge in [0.25, 0.3) is 10.0 Å². The molecule has 0 aromatic carbocycles. The molecule has 0 bridgehead atoms. The Bertz CT molecular complexity index is 653. The molecule has 0 aliphatic heterocycles. The van der Waals surface area contributed by atoms with Crippen LogP contribution in [0.5, 0.6) is 0 Å². The van der Waals surface area contributed by atoms with Gasteiger partial charge >= 0.3 is 0 Å². The summed E-state index contributed by atoms with van der Waals surface area (Å²) >= 11 is 5.68. The Morgan fingerprint density at radius 1 is 1.44 bits per heavy atom. The average molecular weight is 287 g/mol. The highest BCUT2D eigenvalue weighted by molar-refractivity contribution is 7.92. The Morgan fingerprint density at radius 2 is 2.22 bits per heavy atom. The summed E-state index contributed by atoms with van der Waals surface area (Å²) in [6.45, 7) is 1.88. The molecule has 0 aliphatic rings. The lowest BCUT2D eigenvalue weighted by Crippen LogP contribution is -2.13. The highest BCUT2D eigenvalue weighted by Gasteiger charge is 2.17. The summed E-state index contributed by atoms with van der Waals surface area (Å²) in [5.41, 5.74) is 0.350. The number of halogens is 1. The second-order valence-electron chi connectivity index (χ2n) is 3.52. The Morgan fingerprint density at radius 3 is 2.83 bits per heavy atom. The van der Waals surface area contributed by atoms with Crippen LogP contribution in [0.1, 0.15) is 12.7 Å². The van der Waals surface area contributed by atoms with E-state index < -0.39 is 10.0 Å². The molecule has 0 spiro atoms. The number of aromatic amines is 1. The van der Waals surface area contributed by atoms with Crippen LogP contribution in [0.3, 0.4) is 0 Å². The van der Waals surface area contributed by atoms with Gasteiger partial charge in [-0.05, 0) is 12.1 Å². The zero-order chi connectivity index (χ0) is 13.2. The summed E-state index contributed by atoms with van der Waals surface area (Å²) in [5, 5.41) is 0.237. The first-order valence-electron chi connectivity index (χ1n) is 5.19. The van der Waals surface area contributed by atoms with Crippen LogP contribution in [-0.4, -0.2) is 23.4 Å². The highest BCUT2D eigenvalue weighted by Crippen LogP contribution is 2.16. The normalized spacial score (nSPS) is 11.4. The van der Waals surface area contributed by atoms with E-state index in [9.17, 15) is 8.42 Å². The van der Waals surface area contributed by atoms with Crippen molar-refractivity contribution in [1.29, 1.82) is 0 Å². The number of hydrogen-bond donors (Lipinski definition) is 2. The number of aromatic nitrogens is 3. The molecule has 0 fully saturated rings. The molecule has 8 heteroatoms. The molecule has 0 aliphatic carbocycles. The van der Waals surface area contributed by atoms with Gasteiger partial charge in [0.1, 0.15) is 11.0 Å². The minimum absolute atomic E-state index is 0.0206. The van der Waals surface area contributed by atoms with E-state index >= 15 is 0 Å². The van der Waals surface area contributed by atoms with Gasteiger partial charge in [-0.1, -0.05) is 18.5 Å². The van der Waals surface area contributed by atoms with E-state index in [0.29, 0.717) is 17.9 Å². The number of nitrogens with zero attached hydrogens (tertiary/aromatic N) is 2. The number of sulfonamides is 1. The van der Waals surface area contributed by atoms with Gasteiger partial charge in [0, 0.05) is 12.6 Å². The number of anilines is 1. The predicted molar refractivity (Wildman–Crippen MR) is 68.0 cm³/mol. The fraction of sp³-hybridized carbons (Fsp3) is 0.200. The minimum atomic E-state index is -3.67. The number of aryl methyl sites for hydroxylation is 1. The molecule has 6 nitrogen and oxygen atoms in total. The van der Waals surface area contributed by atoms with E-state index in [1.54, 1.807) is 0 Å². The highest BCUT2D eigenvalue weighted by atomic mass is 35.5. The van der Waals surface area contributed by atoms with Crippen molar-refractivity contribution in [3.05, 3.63) is 35.5 Å². The van der Waals surface area contributed by atoms with Crippen LogP contribution in [0, 0.1) is 0 Å². The Balaban J connectivity index is 2.27. The van der Waals surface area contributed by atoms with Crippen molar-refractivity contribution in [2.24, 2.45) is 0 Å². The minimum Gasteiger partial charge on any atom is -0.332 e. The number of hydrogen-bond acceptors (Lipinski definition) is 4. The van der Waals surface area contributed by atoms with Crippen LogP contribution in [0.2, 0.25) is 5.15 Å². The SMILES string of the molecule is CCc1ncc(S(=O)(=O)Nc2ccnc(Cl)c2)[nH]1. The largest absolute Gasteiger partial charge is 0.332 e. The number of imidazole rings is 1. The number of pyridine rings is 1. The first-order valence-corrected chi connectivity index (χ1v) is 7.05. The van der Waals surface area contributed by atoms with Crippen molar-refractivity contribution in [2.75, 3.05) is 4.72 Å². The van der Waals surface area contributed by atoms with E-state index in [1.165, 1.54) is 24.5 Å². The summed E-state index contributed by atoms with van der Waals surface area (Å²) < 4.78 is 26.4. The summed E-state index contributed by atoms with van der Waals surface area (Å²) in [6.07, 6.45) is 3.34. The Kier molecular flexibility index (Phi) is 3.53. The zero-order valence-corrected chi connectivity index (χ0v) is 11.1. The third kappa shape index (κ3) is 2.80. The molecule has 0 saturated carbocycles. The molecular weight excluding hydrogens is 276 g/mol. The summed E-state index contributed by atoms with van der Waals surface area (Å²) in [5.74, 6) is 0.614. The third-order valence-corrected chi connectivity index (χ3v) is 3.71. The monoisotopic (exact) mass is 286 g/mol. The van der Waals surface area contributed by atoms with Crippen LogP contribution >= 0.6 is 11.6 Å². The van der Waals surface area contributed by atoms with Crippen LogP contribution in [0.4, 0.5) is 5.69 Å². The third-order valence-electron chi connectivity index (χ3n) is 2.21. The summed E-state index contributed by atoms with van der Waals surface area (Å²) in [4.78, 5) is 10.4. The van der Waals surface area contributed by atoms with E-state index in [1.807, 2.05) is 6.92 Å². The molecule has 96 valence electrons. The van der Waals surface area contributed by atoms with Gasteiger partial charge < -0.3 is 4.98 Å². The van der Waals surface area contributed by atoms with Gasteiger partial charge in [0.2, 0.25) is 0 Å². The van der Waals surface area contributed by atoms with E-state index in [2.05, 4.69) is 19.7 Å². The predicted octanol–water partition coefficient (Wildman–Crippen LogP) is 1.82. The van der Waals surface area contributed by atoms with Crippen molar-refractivity contribution in [2.45, 2.75) is 18.4 Å². The first kappa shape index (κ1) is 12.8. The lowest BCUT2D eigenvalue weighted by molar-refractivity contribution is 0.598. The summed E-state index contributed by atoms with van der Waals surface area (Å²) in [6, 6.07) is 2.94. The van der Waals surface area contributed by atoms with Gasteiger partial charge in [0.15, 0.2) is 5.03 Å². The number of H-pyrrole nitrogens is 1. The zero-order valence-electron chi connectivity index (χ0n) is 9.51. The van der Waals surface area contributed by atoms with Gasteiger partial charge in [-0.2, -0.15) is 8.42 Å². The van der Waals surface area contributed by atoms with Crippen LogP contribution < -0.4 is 4.72 Å². The molecule has 18 heavy (non-hydrogen) atoms. The van der Waals surface area contributed by atoms with E-state index in [0.717, 1.165) is 0 Å². The van der Waals surface area contributed by atoms with E-state index in [4.69, 9.17) is 11.6 Å². The van der Waals surface area contributed by atoms with Crippen molar-refractivity contribution >= 4 is 27.3 Å². The maximum absolute atomic E-state index is 12.0. The van der Waals surface area contributed by atoms with Gasteiger partial charge in [-0.3, -0.25) is 4.72 Å². The maximum atomic E-state index is 12.0. The van der Waals surface area contributed by atoms with Crippen LogP contribution in [-0.2, 0) is 16.4 Å². The maximum Gasteiger partial charge on any atom is 0.278 e. The molecule has 0 unspecified atom stereocenters. The molecule has 2 heterocycles. The second-order valence-corrected chi connectivity index (χ2v) is 5.56. The first-order chi connectivity index (χ1) is 8.51. The molecule has 2 aromatic heterocycles. The van der Waals surface area contributed by atoms with Crippen molar-refractivity contribution in [1.82, 2.24) is 15.0 Å². The quantitative estimate of drug-likeness (QED) is 0.839. The molecule has 0 radical (unpaired) electrons. The lowest BCUT2D eigenvalue weighted by Gasteiger charge is -2.05. The molecule has 0 saturated heterocycles. The van der Waals surface area contributed by atoms with Crippen molar-refractivity contribution in [3.8, 4) is 0 Å². The van der Waals surface area contributed by atoms with Gasteiger partial charge in [-0.15, -0.1) is 0 Å². The van der Waals surface area contributed by atoms with E-state index in [-0.39, 0.29) is 10.2 Å². The van der Waals surface area contributed by atoms with Gasteiger partial charge in [-0.25, -0.2) is 9.97 Å².